The summed E-state index contributed by atoms with van der Waals surface area (Å²) in [5.74, 6) is 0.616. The first-order valence-electron chi connectivity index (χ1n) is 7.16. The molecule has 2 aromatic heterocycles. The van der Waals surface area contributed by atoms with E-state index in [1.165, 1.54) is 25.9 Å². The number of nitrogens with zero attached hydrogens (tertiary/aromatic N) is 2. The summed E-state index contributed by atoms with van der Waals surface area (Å²) in [4.78, 5) is 19.1. The van der Waals surface area contributed by atoms with Crippen molar-refractivity contribution in [1.82, 2.24) is 15.2 Å². The summed E-state index contributed by atoms with van der Waals surface area (Å²) in [7, 11) is 0. The monoisotopic (exact) mass is 287 g/mol. The fourth-order valence-electron chi connectivity index (χ4n) is 3.36. The number of pyridine rings is 1. The van der Waals surface area contributed by atoms with Gasteiger partial charge in [0.1, 0.15) is 5.69 Å². The first kappa shape index (κ1) is 12.3. The van der Waals surface area contributed by atoms with E-state index < -0.39 is 0 Å². The molecule has 1 atom stereocenters. The lowest BCUT2D eigenvalue weighted by molar-refractivity contribution is 0.0618. The maximum Gasteiger partial charge on any atom is 0.270 e. The molecular formula is C15H17N3OS. The second kappa shape index (κ2) is 4.82. The molecule has 3 saturated heterocycles. The van der Waals surface area contributed by atoms with Gasteiger partial charge in [0.2, 0.25) is 0 Å². The highest BCUT2D eigenvalue weighted by molar-refractivity contribution is 7.17. The lowest BCUT2D eigenvalue weighted by Gasteiger charge is -2.44. The Labute approximate surface area is 121 Å². The highest BCUT2D eigenvalue weighted by Gasteiger charge is 2.35. The first-order valence-corrected chi connectivity index (χ1v) is 8.04. The molecule has 20 heavy (non-hydrogen) atoms. The van der Waals surface area contributed by atoms with Crippen LogP contribution >= 0.6 is 11.3 Å². The number of amides is 1. The Morgan fingerprint density at radius 2 is 2.25 bits per heavy atom. The minimum atomic E-state index is -0.0307. The predicted octanol–water partition coefficient (Wildman–Crippen LogP) is 2.12. The van der Waals surface area contributed by atoms with Crippen LogP contribution < -0.4 is 5.32 Å². The summed E-state index contributed by atoms with van der Waals surface area (Å²) in [6, 6.07) is 4.22. The molecule has 104 valence electrons. The van der Waals surface area contributed by atoms with Gasteiger partial charge in [-0.05, 0) is 54.7 Å². The van der Waals surface area contributed by atoms with Crippen molar-refractivity contribution in [2.24, 2.45) is 5.92 Å². The van der Waals surface area contributed by atoms with Crippen LogP contribution in [0.25, 0.3) is 10.1 Å². The minimum Gasteiger partial charge on any atom is -0.346 e. The zero-order valence-electron chi connectivity index (χ0n) is 11.2. The summed E-state index contributed by atoms with van der Waals surface area (Å²) in [5.41, 5.74) is 0.535. The zero-order valence-corrected chi connectivity index (χ0v) is 12.0. The third-order valence-corrected chi connectivity index (χ3v) is 5.41. The van der Waals surface area contributed by atoms with Crippen molar-refractivity contribution in [2.45, 2.75) is 18.9 Å². The fraction of sp³-hybridized carbons (Fsp3) is 0.467. The van der Waals surface area contributed by atoms with E-state index in [0.29, 0.717) is 17.7 Å². The molecule has 2 bridgehead atoms. The van der Waals surface area contributed by atoms with Crippen LogP contribution in [-0.2, 0) is 0 Å². The van der Waals surface area contributed by atoms with E-state index in [1.807, 2.05) is 17.5 Å². The number of piperidine rings is 3. The molecule has 3 fully saturated rings. The molecule has 5 rings (SSSR count). The van der Waals surface area contributed by atoms with Crippen molar-refractivity contribution < 1.29 is 4.79 Å². The van der Waals surface area contributed by atoms with E-state index in [2.05, 4.69) is 15.2 Å². The molecule has 0 aliphatic carbocycles. The molecule has 0 saturated carbocycles. The molecule has 2 aromatic rings. The Hall–Kier alpha value is -1.46. The average Bonchev–Trinajstić information content (AvgIpc) is 2.96. The number of thiophene rings is 1. The molecule has 0 radical (unpaired) electrons. The second-order valence-electron chi connectivity index (χ2n) is 5.75. The van der Waals surface area contributed by atoms with E-state index in [0.717, 1.165) is 16.6 Å². The maximum absolute atomic E-state index is 12.4. The number of carbonyl (C=O) groups is 1. The van der Waals surface area contributed by atoms with Crippen LogP contribution in [0.2, 0.25) is 0 Å². The van der Waals surface area contributed by atoms with Gasteiger partial charge in [-0.15, -0.1) is 11.3 Å². The number of carbonyl (C=O) groups excluding carboxylic acids is 1. The normalized spacial score (nSPS) is 28.7. The van der Waals surface area contributed by atoms with Gasteiger partial charge in [-0.2, -0.15) is 0 Å². The molecule has 0 aromatic carbocycles. The van der Waals surface area contributed by atoms with Gasteiger partial charge < -0.3 is 10.2 Å². The average molecular weight is 287 g/mol. The maximum atomic E-state index is 12.4. The third-order valence-electron chi connectivity index (χ3n) is 4.55. The molecule has 5 heterocycles. The Morgan fingerprint density at radius 3 is 3.00 bits per heavy atom. The van der Waals surface area contributed by atoms with Crippen LogP contribution in [0.15, 0.2) is 23.7 Å². The summed E-state index contributed by atoms with van der Waals surface area (Å²) >= 11 is 1.65. The Balaban J connectivity index is 1.52. The van der Waals surface area contributed by atoms with Gasteiger partial charge >= 0.3 is 0 Å². The SMILES string of the molecule is O=C(N[C@H]1CN2CCC1CC2)c1cc2ccsc2cn1. The summed E-state index contributed by atoms with van der Waals surface area (Å²) in [5, 5.41) is 6.31. The van der Waals surface area contributed by atoms with Gasteiger partial charge in [-0.3, -0.25) is 4.79 Å². The van der Waals surface area contributed by atoms with Crippen LogP contribution in [0.3, 0.4) is 0 Å². The molecule has 0 spiro atoms. The van der Waals surface area contributed by atoms with E-state index in [1.54, 1.807) is 17.5 Å². The van der Waals surface area contributed by atoms with Gasteiger partial charge in [0.05, 0.1) is 4.70 Å². The van der Waals surface area contributed by atoms with E-state index in [-0.39, 0.29) is 5.91 Å². The van der Waals surface area contributed by atoms with Crippen LogP contribution in [-0.4, -0.2) is 41.5 Å². The standard InChI is InChI=1S/C15H17N3OS/c19-15(12-7-11-3-6-20-14(11)8-16-12)17-13-9-18-4-1-10(13)2-5-18/h3,6-8,10,13H,1-2,4-5,9H2,(H,17,19)/t13-/m0/s1. The molecule has 5 heteroatoms. The Bertz CT molecular complexity index is 645. The van der Waals surface area contributed by atoms with Crippen molar-refractivity contribution in [1.29, 1.82) is 0 Å². The van der Waals surface area contributed by atoms with E-state index in [9.17, 15) is 4.79 Å². The van der Waals surface area contributed by atoms with Crippen molar-refractivity contribution in [2.75, 3.05) is 19.6 Å². The first-order chi connectivity index (χ1) is 9.79. The largest absolute Gasteiger partial charge is 0.346 e. The van der Waals surface area contributed by atoms with Crippen LogP contribution in [0.4, 0.5) is 0 Å². The fourth-order valence-corrected chi connectivity index (χ4v) is 4.10. The summed E-state index contributed by atoms with van der Waals surface area (Å²) < 4.78 is 1.13. The molecule has 1 N–H and O–H groups in total. The van der Waals surface area contributed by atoms with Gasteiger partial charge in [-0.1, -0.05) is 0 Å². The highest BCUT2D eigenvalue weighted by atomic mass is 32.1. The highest BCUT2D eigenvalue weighted by Crippen LogP contribution is 2.27. The lowest BCUT2D eigenvalue weighted by Crippen LogP contribution is -2.57. The van der Waals surface area contributed by atoms with Crippen molar-refractivity contribution in [3.05, 3.63) is 29.4 Å². The number of fused-ring (bicyclic) bond motifs is 4. The van der Waals surface area contributed by atoms with Gasteiger partial charge in [-0.25, -0.2) is 4.98 Å². The van der Waals surface area contributed by atoms with Gasteiger partial charge in [0.15, 0.2) is 0 Å². The number of hydrogen-bond donors (Lipinski definition) is 1. The molecule has 1 amide bonds. The van der Waals surface area contributed by atoms with Gasteiger partial charge in [0, 0.05) is 18.8 Å². The topological polar surface area (TPSA) is 45.2 Å². The number of hydrogen-bond acceptors (Lipinski definition) is 4. The quantitative estimate of drug-likeness (QED) is 0.920. The van der Waals surface area contributed by atoms with Crippen LogP contribution in [0.1, 0.15) is 23.3 Å². The van der Waals surface area contributed by atoms with E-state index >= 15 is 0 Å². The molecule has 3 aliphatic rings. The number of aromatic nitrogens is 1. The number of rotatable bonds is 2. The molecule has 3 aliphatic heterocycles. The third kappa shape index (κ3) is 2.11. The minimum absolute atomic E-state index is 0.0307. The molecule has 4 nitrogen and oxygen atoms in total. The predicted molar refractivity (Wildman–Crippen MR) is 80.0 cm³/mol. The van der Waals surface area contributed by atoms with E-state index in [4.69, 9.17) is 0 Å². The second-order valence-corrected chi connectivity index (χ2v) is 6.69. The van der Waals surface area contributed by atoms with Crippen LogP contribution in [0.5, 0.6) is 0 Å². The van der Waals surface area contributed by atoms with Crippen molar-refractivity contribution in [3.63, 3.8) is 0 Å². The number of nitrogens with one attached hydrogen (secondary N) is 1. The summed E-state index contributed by atoms with van der Waals surface area (Å²) in [6.45, 7) is 3.38. The Kier molecular flexibility index (Phi) is 2.97. The Morgan fingerprint density at radius 1 is 1.40 bits per heavy atom. The van der Waals surface area contributed by atoms with Crippen molar-refractivity contribution >= 4 is 27.3 Å². The smallest absolute Gasteiger partial charge is 0.270 e. The van der Waals surface area contributed by atoms with Gasteiger partial charge in [0.25, 0.3) is 5.91 Å². The zero-order chi connectivity index (χ0) is 13.5. The molecule has 0 unspecified atom stereocenters. The van der Waals surface area contributed by atoms with Crippen molar-refractivity contribution in [3.8, 4) is 0 Å². The lowest BCUT2D eigenvalue weighted by atomic mass is 9.84. The van der Waals surface area contributed by atoms with Crippen LogP contribution in [0, 0.1) is 5.92 Å². The summed E-state index contributed by atoms with van der Waals surface area (Å²) in [6.07, 6.45) is 4.22. The molecular weight excluding hydrogens is 270 g/mol.